The Hall–Kier alpha value is -0.240. The van der Waals surface area contributed by atoms with Crippen molar-refractivity contribution in [2.75, 3.05) is 6.54 Å². The second-order valence-electron chi connectivity index (χ2n) is 3.95. The van der Waals surface area contributed by atoms with Gasteiger partial charge in [-0.1, -0.05) is 41.9 Å². The maximum absolute atomic E-state index is 3.70. The van der Waals surface area contributed by atoms with Crippen LogP contribution in [0.5, 0.6) is 0 Å². The minimum atomic E-state index is 0.366. The largest absolute Gasteiger partial charge is 0.387 e. The molecule has 0 saturated heterocycles. The van der Waals surface area contributed by atoms with Gasteiger partial charge in [0.25, 0.3) is 0 Å². The van der Waals surface area contributed by atoms with Crippen molar-refractivity contribution in [3.05, 3.63) is 23.4 Å². The van der Waals surface area contributed by atoms with Gasteiger partial charge >= 0.3 is 0 Å². The zero-order chi connectivity index (χ0) is 10.6. The molecule has 1 nitrogen and oxygen atoms in total. The van der Waals surface area contributed by atoms with Crippen LogP contribution >= 0.6 is 15.9 Å². The van der Waals surface area contributed by atoms with Crippen LogP contribution in [0.1, 0.15) is 33.6 Å². The molecule has 14 heavy (non-hydrogen) atoms. The lowest BCUT2D eigenvalue weighted by Crippen LogP contribution is -2.29. The highest BCUT2D eigenvalue weighted by atomic mass is 79.9. The lowest BCUT2D eigenvalue weighted by atomic mass is 9.93. The fourth-order valence-corrected chi connectivity index (χ4v) is 2.45. The second-order valence-corrected chi connectivity index (χ2v) is 4.94. The Labute approximate surface area is 95.8 Å². The summed E-state index contributed by atoms with van der Waals surface area (Å²) in [5, 5.41) is 3.49. The molecule has 2 heteroatoms. The fraction of sp³-hybridized carbons (Fsp3) is 0.667. The fourth-order valence-electron chi connectivity index (χ4n) is 1.71. The van der Waals surface area contributed by atoms with Gasteiger partial charge in [0.15, 0.2) is 0 Å². The highest BCUT2D eigenvalue weighted by molar-refractivity contribution is 9.09. The molecule has 0 aliphatic carbocycles. The number of alkyl halides is 1. The lowest BCUT2D eigenvalue weighted by Gasteiger charge is -2.27. The number of nitrogens with one attached hydrogen (secondary N) is 1. The van der Waals surface area contributed by atoms with Crippen molar-refractivity contribution in [3.63, 3.8) is 0 Å². The average molecular weight is 258 g/mol. The first-order valence-electron chi connectivity index (χ1n) is 5.42. The van der Waals surface area contributed by atoms with E-state index in [9.17, 15) is 0 Å². The van der Waals surface area contributed by atoms with Crippen molar-refractivity contribution in [2.45, 2.75) is 38.4 Å². The number of hydrogen-bond acceptors (Lipinski definition) is 1. The van der Waals surface area contributed by atoms with E-state index in [1.165, 1.54) is 17.7 Å². The van der Waals surface area contributed by atoms with E-state index >= 15 is 0 Å². The van der Waals surface area contributed by atoms with E-state index in [2.05, 4.69) is 54.2 Å². The minimum Gasteiger partial charge on any atom is -0.387 e. The van der Waals surface area contributed by atoms with Gasteiger partial charge in [-0.05, 0) is 31.3 Å². The van der Waals surface area contributed by atoms with Crippen molar-refractivity contribution in [1.82, 2.24) is 5.32 Å². The number of hydrogen-bond donors (Lipinski definition) is 1. The summed E-state index contributed by atoms with van der Waals surface area (Å²) < 4.78 is 0. The van der Waals surface area contributed by atoms with Crippen molar-refractivity contribution in [2.24, 2.45) is 5.92 Å². The summed E-state index contributed by atoms with van der Waals surface area (Å²) in [5.41, 5.74) is 2.87. The summed E-state index contributed by atoms with van der Waals surface area (Å²) in [5.74, 6) is 0.723. The molecule has 0 radical (unpaired) electrons. The maximum Gasteiger partial charge on any atom is 0.0721 e. The van der Waals surface area contributed by atoms with E-state index < -0.39 is 0 Å². The van der Waals surface area contributed by atoms with Crippen LogP contribution < -0.4 is 5.32 Å². The van der Waals surface area contributed by atoms with Gasteiger partial charge in [-0.15, -0.1) is 0 Å². The molecule has 2 atom stereocenters. The molecule has 1 heterocycles. The third-order valence-electron chi connectivity index (χ3n) is 2.87. The number of allylic oxidation sites excluding steroid dienone is 3. The van der Waals surface area contributed by atoms with Crippen molar-refractivity contribution in [3.8, 4) is 0 Å². The summed E-state index contributed by atoms with van der Waals surface area (Å²) >= 11 is 3.70. The molecule has 1 rings (SSSR count). The predicted octanol–water partition coefficient (Wildman–Crippen LogP) is 3.62. The minimum absolute atomic E-state index is 0.366. The van der Waals surface area contributed by atoms with Crippen LogP contribution in [-0.2, 0) is 0 Å². The quantitative estimate of drug-likeness (QED) is 0.602. The summed E-state index contributed by atoms with van der Waals surface area (Å²) in [6.45, 7) is 7.81. The second kappa shape index (κ2) is 5.59. The summed E-state index contributed by atoms with van der Waals surface area (Å²) in [6.07, 6.45) is 6.79. The van der Waals surface area contributed by atoms with Crippen LogP contribution in [0.25, 0.3) is 0 Å². The smallest absolute Gasteiger partial charge is 0.0721 e. The van der Waals surface area contributed by atoms with Gasteiger partial charge in [0.1, 0.15) is 0 Å². The average Bonchev–Trinajstić information content (AvgIpc) is 2.18. The van der Waals surface area contributed by atoms with Crippen molar-refractivity contribution >= 4 is 15.9 Å². The highest BCUT2D eigenvalue weighted by Crippen LogP contribution is 2.26. The molecule has 1 aliphatic rings. The molecular weight excluding hydrogens is 238 g/mol. The van der Waals surface area contributed by atoms with Crippen LogP contribution in [0.15, 0.2) is 23.4 Å². The molecular formula is C12H20BrN. The van der Waals surface area contributed by atoms with E-state index in [0.717, 1.165) is 18.9 Å². The Kier molecular flexibility index (Phi) is 4.73. The van der Waals surface area contributed by atoms with Crippen LogP contribution in [0, 0.1) is 5.92 Å². The molecule has 2 unspecified atom stereocenters. The molecule has 0 amide bonds. The maximum atomic E-state index is 3.70. The van der Waals surface area contributed by atoms with Crippen molar-refractivity contribution in [1.29, 1.82) is 0 Å². The predicted molar refractivity (Wildman–Crippen MR) is 66.6 cm³/mol. The van der Waals surface area contributed by atoms with E-state index in [-0.39, 0.29) is 0 Å². The molecule has 0 bridgehead atoms. The van der Waals surface area contributed by atoms with Gasteiger partial charge < -0.3 is 5.32 Å². The van der Waals surface area contributed by atoms with Crippen LogP contribution in [0.4, 0.5) is 0 Å². The summed E-state index contributed by atoms with van der Waals surface area (Å²) in [4.78, 5) is 0.366. The first-order valence-corrected chi connectivity index (χ1v) is 6.33. The van der Waals surface area contributed by atoms with Gasteiger partial charge in [0.05, 0.1) is 4.83 Å². The Morgan fingerprint density at radius 3 is 3.00 bits per heavy atom. The monoisotopic (exact) mass is 257 g/mol. The zero-order valence-electron chi connectivity index (χ0n) is 9.31. The molecule has 1 N–H and O–H groups in total. The van der Waals surface area contributed by atoms with Gasteiger partial charge in [-0.2, -0.15) is 0 Å². The van der Waals surface area contributed by atoms with Gasteiger partial charge in [0.2, 0.25) is 0 Å². The van der Waals surface area contributed by atoms with E-state index in [4.69, 9.17) is 0 Å². The van der Waals surface area contributed by atoms with Gasteiger partial charge in [-0.3, -0.25) is 0 Å². The Balaban J connectivity index is 2.74. The van der Waals surface area contributed by atoms with Gasteiger partial charge in [0, 0.05) is 12.2 Å². The Bertz CT molecular complexity index is 243. The van der Waals surface area contributed by atoms with E-state index in [1.807, 2.05) is 0 Å². The topological polar surface area (TPSA) is 12.0 Å². The summed E-state index contributed by atoms with van der Waals surface area (Å²) in [6, 6.07) is 0. The van der Waals surface area contributed by atoms with Crippen molar-refractivity contribution < 1.29 is 0 Å². The van der Waals surface area contributed by atoms with Crippen LogP contribution in [0.3, 0.4) is 0 Å². The van der Waals surface area contributed by atoms with E-state index in [1.54, 1.807) is 0 Å². The van der Waals surface area contributed by atoms with E-state index in [0.29, 0.717) is 4.83 Å². The first-order chi connectivity index (χ1) is 6.66. The molecule has 1 aliphatic heterocycles. The highest BCUT2D eigenvalue weighted by Gasteiger charge is 2.18. The SMILES string of the molecule is CCC=CC(Br)C1=C(C)C(C)CCN1. The molecule has 0 aromatic rings. The van der Waals surface area contributed by atoms with Crippen LogP contribution in [-0.4, -0.2) is 11.4 Å². The molecule has 0 aromatic heterocycles. The number of halogens is 1. The van der Waals surface area contributed by atoms with Crippen LogP contribution in [0.2, 0.25) is 0 Å². The number of rotatable bonds is 3. The molecule has 0 aromatic carbocycles. The zero-order valence-corrected chi connectivity index (χ0v) is 10.9. The summed E-state index contributed by atoms with van der Waals surface area (Å²) in [7, 11) is 0. The Morgan fingerprint density at radius 1 is 1.64 bits per heavy atom. The Morgan fingerprint density at radius 2 is 2.36 bits per heavy atom. The molecule has 0 spiro atoms. The molecule has 0 saturated carbocycles. The van der Waals surface area contributed by atoms with Gasteiger partial charge in [-0.25, -0.2) is 0 Å². The normalized spacial score (nSPS) is 25.3. The standard InChI is InChI=1S/C12H20BrN/c1-4-5-6-11(13)12-10(3)9(2)7-8-14-12/h5-6,9,11,14H,4,7-8H2,1-3H3. The molecule has 80 valence electrons. The third-order valence-corrected chi connectivity index (χ3v) is 3.64. The molecule has 0 fully saturated rings. The lowest BCUT2D eigenvalue weighted by molar-refractivity contribution is 0.531. The first kappa shape index (κ1) is 11.8. The third kappa shape index (κ3) is 2.88.